The first-order chi connectivity index (χ1) is 8.36. The molecule has 1 amide bonds. The van der Waals surface area contributed by atoms with Crippen LogP contribution in [0.4, 0.5) is 4.79 Å². The third-order valence-electron chi connectivity index (χ3n) is 2.47. The molecule has 0 aliphatic heterocycles. The molecule has 5 heteroatoms. The highest BCUT2D eigenvalue weighted by Crippen LogP contribution is 2.21. The van der Waals surface area contributed by atoms with Crippen LogP contribution >= 0.6 is 0 Å². The van der Waals surface area contributed by atoms with E-state index in [1.807, 2.05) is 0 Å². The van der Waals surface area contributed by atoms with E-state index in [1.54, 1.807) is 44.2 Å². The van der Waals surface area contributed by atoms with E-state index in [0.717, 1.165) is 0 Å². The Morgan fingerprint density at radius 1 is 1.28 bits per heavy atom. The van der Waals surface area contributed by atoms with E-state index in [4.69, 9.17) is 4.74 Å². The quantitative estimate of drug-likeness (QED) is 0.859. The maximum atomic E-state index is 11.6. The first-order valence-electron chi connectivity index (χ1n) is 5.64. The Labute approximate surface area is 106 Å². The number of hydrogen-bond acceptors (Lipinski definition) is 3. The first kappa shape index (κ1) is 14.0. The van der Waals surface area contributed by atoms with Crippen molar-refractivity contribution in [3.8, 4) is 0 Å². The van der Waals surface area contributed by atoms with E-state index >= 15 is 0 Å². The highest BCUT2D eigenvalue weighted by Gasteiger charge is 2.37. The van der Waals surface area contributed by atoms with Gasteiger partial charge in [-0.15, -0.1) is 0 Å². The maximum Gasteiger partial charge on any atom is 0.408 e. The second-order valence-corrected chi connectivity index (χ2v) is 4.38. The average molecular weight is 251 g/mol. The van der Waals surface area contributed by atoms with Gasteiger partial charge >= 0.3 is 12.1 Å². The van der Waals surface area contributed by atoms with Crippen LogP contribution in [-0.2, 0) is 15.1 Å². The van der Waals surface area contributed by atoms with Gasteiger partial charge in [0.1, 0.15) is 0 Å². The summed E-state index contributed by atoms with van der Waals surface area (Å²) in [7, 11) is 0. The lowest BCUT2D eigenvalue weighted by Crippen LogP contribution is -2.50. The second-order valence-electron chi connectivity index (χ2n) is 4.38. The van der Waals surface area contributed by atoms with Crippen molar-refractivity contribution < 1.29 is 19.4 Å². The molecule has 0 fully saturated rings. The summed E-state index contributed by atoms with van der Waals surface area (Å²) in [5.41, 5.74) is -1.02. The number of amides is 1. The molecule has 0 aliphatic rings. The van der Waals surface area contributed by atoms with Gasteiger partial charge in [-0.25, -0.2) is 9.59 Å². The number of carboxylic acids is 1. The monoisotopic (exact) mass is 251 g/mol. The molecule has 1 atom stereocenters. The molecule has 0 bridgehead atoms. The van der Waals surface area contributed by atoms with Crippen molar-refractivity contribution in [3.05, 3.63) is 35.9 Å². The van der Waals surface area contributed by atoms with Crippen molar-refractivity contribution in [2.75, 3.05) is 0 Å². The number of hydrogen-bond donors (Lipinski definition) is 2. The van der Waals surface area contributed by atoms with Crippen LogP contribution in [0.25, 0.3) is 0 Å². The zero-order valence-corrected chi connectivity index (χ0v) is 10.6. The van der Waals surface area contributed by atoms with Gasteiger partial charge in [-0.05, 0) is 26.3 Å². The number of aliphatic carboxylic acids is 1. The maximum absolute atomic E-state index is 11.6. The summed E-state index contributed by atoms with van der Waals surface area (Å²) < 4.78 is 4.90. The van der Waals surface area contributed by atoms with Crippen molar-refractivity contribution in [3.63, 3.8) is 0 Å². The Morgan fingerprint density at radius 2 is 1.83 bits per heavy atom. The lowest BCUT2D eigenvalue weighted by atomic mass is 9.92. The number of carbonyl (C=O) groups excluding carboxylic acids is 1. The van der Waals surface area contributed by atoms with E-state index < -0.39 is 17.6 Å². The Hall–Kier alpha value is -2.04. The second kappa shape index (κ2) is 5.53. The number of ether oxygens (including phenoxy) is 1. The fourth-order valence-corrected chi connectivity index (χ4v) is 1.47. The third-order valence-corrected chi connectivity index (χ3v) is 2.47. The molecule has 98 valence electrons. The Morgan fingerprint density at radius 3 is 2.28 bits per heavy atom. The lowest BCUT2D eigenvalue weighted by Gasteiger charge is -2.26. The molecule has 1 rings (SSSR count). The predicted molar refractivity (Wildman–Crippen MR) is 66.2 cm³/mol. The zero-order valence-electron chi connectivity index (χ0n) is 10.6. The zero-order chi connectivity index (χ0) is 13.8. The fourth-order valence-electron chi connectivity index (χ4n) is 1.47. The minimum absolute atomic E-state index is 0.307. The topological polar surface area (TPSA) is 75.6 Å². The molecule has 1 aromatic carbocycles. The predicted octanol–water partition coefficient (Wildman–Crippen LogP) is 2.12. The van der Waals surface area contributed by atoms with Crippen molar-refractivity contribution in [1.82, 2.24) is 5.32 Å². The normalized spacial score (nSPS) is 13.8. The van der Waals surface area contributed by atoms with Crippen LogP contribution in [0.15, 0.2) is 30.3 Å². The summed E-state index contributed by atoms with van der Waals surface area (Å²) in [4.78, 5) is 22.9. The SMILES string of the molecule is CC(C)OC(=O)NC(C)(C(=O)O)c1ccccc1. The molecule has 0 spiro atoms. The number of carbonyl (C=O) groups is 2. The van der Waals surface area contributed by atoms with Gasteiger partial charge in [-0.2, -0.15) is 0 Å². The molecule has 0 heterocycles. The summed E-state index contributed by atoms with van der Waals surface area (Å²) in [6, 6.07) is 8.49. The smallest absolute Gasteiger partial charge is 0.408 e. The fraction of sp³-hybridized carbons (Fsp3) is 0.385. The summed E-state index contributed by atoms with van der Waals surface area (Å²) in [5.74, 6) is -1.14. The molecule has 18 heavy (non-hydrogen) atoms. The summed E-state index contributed by atoms with van der Waals surface area (Å²) in [6.07, 6.45) is -1.06. The Kier molecular flexibility index (Phi) is 4.31. The standard InChI is InChI=1S/C13H17NO4/c1-9(2)18-12(17)14-13(3,11(15)16)10-7-5-4-6-8-10/h4-9H,1-3H3,(H,14,17)(H,15,16). The van der Waals surface area contributed by atoms with Crippen LogP contribution in [0.5, 0.6) is 0 Å². The number of benzene rings is 1. The van der Waals surface area contributed by atoms with Gasteiger partial charge in [-0.3, -0.25) is 0 Å². The van der Waals surface area contributed by atoms with Gasteiger partial charge in [0.25, 0.3) is 0 Å². The highest BCUT2D eigenvalue weighted by atomic mass is 16.6. The van der Waals surface area contributed by atoms with Crippen molar-refractivity contribution >= 4 is 12.1 Å². The van der Waals surface area contributed by atoms with Crippen LogP contribution in [0, 0.1) is 0 Å². The van der Waals surface area contributed by atoms with Crippen molar-refractivity contribution in [1.29, 1.82) is 0 Å². The van der Waals surface area contributed by atoms with Gasteiger partial charge in [0.2, 0.25) is 0 Å². The minimum atomic E-state index is -1.51. The molecular weight excluding hydrogens is 234 g/mol. The largest absolute Gasteiger partial charge is 0.479 e. The molecule has 0 saturated carbocycles. The van der Waals surface area contributed by atoms with Crippen LogP contribution in [0.2, 0.25) is 0 Å². The molecule has 0 saturated heterocycles. The van der Waals surface area contributed by atoms with E-state index in [2.05, 4.69) is 5.32 Å². The Bertz CT molecular complexity index is 430. The van der Waals surface area contributed by atoms with Crippen LogP contribution in [-0.4, -0.2) is 23.3 Å². The number of nitrogens with one attached hydrogen (secondary N) is 1. The molecule has 0 aromatic heterocycles. The molecule has 0 aliphatic carbocycles. The average Bonchev–Trinajstić information content (AvgIpc) is 2.28. The molecule has 5 nitrogen and oxygen atoms in total. The van der Waals surface area contributed by atoms with Crippen molar-refractivity contribution in [2.45, 2.75) is 32.4 Å². The van der Waals surface area contributed by atoms with E-state index in [-0.39, 0.29) is 6.10 Å². The summed E-state index contributed by atoms with van der Waals surface area (Å²) in [5, 5.41) is 11.7. The number of alkyl carbamates (subject to hydrolysis) is 1. The summed E-state index contributed by atoms with van der Waals surface area (Å²) in [6.45, 7) is 4.81. The molecule has 1 unspecified atom stereocenters. The first-order valence-corrected chi connectivity index (χ1v) is 5.64. The van der Waals surface area contributed by atoms with Gasteiger partial charge in [0.15, 0.2) is 5.54 Å². The highest BCUT2D eigenvalue weighted by molar-refractivity contribution is 5.85. The summed E-state index contributed by atoms with van der Waals surface area (Å²) >= 11 is 0. The minimum Gasteiger partial charge on any atom is -0.479 e. The molecule has 0 radical (unpaired) electrons. The van der Waals surface area contributed by atoms with Gasteiger partial charge in [-0.1, -0.05) is 30.3 Å². The van der Waals surface area contributed by atoms with Gasteiger partial charge < -0.3 is 15.2 Å². The number of rotatable bonds is 4. The van der Waals surface area contributed by atoms with E-state index in [0.29, 0.717) is 5.56 Å². The van der Waals surface area contributed by atoms with Crippen molar-refractivity contribution in [2.24, 2.45) is 0 Å². The molecule has 1 aromatic rings. The lowest BCUT2D eigenvalue weighted by molar-refractivity contribution is -0.144. The molecule has 2 N–H and O–H groups in total. The van der Waals surface area contributed by atoms with Crippen LogP contribution in [0.1, 0.15) is 26.3 Å². The molecular formula is C13H17NO4. The Balaban J connectivity index is 2.96. The third kappa shape index (κ3) is 3.23. The van der Waals surface area contributed by atoms with E-state index in [9.17, 15) is 14.7 Å². The van der Waals surface area contributed by atoms with Crippen LogP contribution < -0.4 is 5.32 Å². The van der Waals surface area contributed by atoms with Gasteiger partial charge in [0.05, 0.1) is 6.10 Å². The van der Waals surface area contributed by atoms with Gasteiger partial charge in [0, 0.05) is 0 Å². The number of carboxylic acid groups (broad SMARTS) is 1. The van der Waals surface area contributed by atoms with Crippen LogP contribution in [0.3, 0.4) is 0 Å². The van der Waals surface area contributed by atoms with E-state index in [1.165, 1.54) is 6.92 Å².